The van der Waals surface area contributed by atoms with Crippen LogP contribution in [0.5, 0.6) is 0 Å². The first kappa shape index (κ1) is 22.0. The predicted molar refractivity (Wildman–Crippen MR) is 135 cm³/mol. The van der Waals surface area contributed by atoms with E-state index in [2.05, 4.69) is 33.8 Å². The number of rotatable bonds is 5. The Hall–Kier alpha value is -3.51. The number of benzene rings is 2. The molecule has 1 unspecified atom stereocenters. The van der Waals surface area contributed by atoms with E-state index in [9.17, 15) is 4.79 Å². The van der Waals surface area contributed by atoms with Gasteiger partial charge in [0.15, 0.2) is 5.65 Å². The summed E-state index contributed by atoms with van der Waals surface area (Å²) in [7, 11) is 0. The molecule has 2 saturated heterocycles. The van der Waals surface area contributed by atoms with Gasteiger partial charge in [-0.3, -0.25) is 4.79 Å². The van der Waals surface area contributed by atoms with Gasteiger partial charge in [-0.2, -0.15) is 0 Å². The van der Waals surface area contributed by atoms with Crippen molar-refractivity contribution in [3.05, 3.63) is 95.9 Å². The van der Waals surface area contributed by atoms with Gasteiger partial charge in [-0.15, -0.1) is 0 Å². The number of pyridine rings is 1. The molecule has 0 spiro atoms. The molecule has 4 heterocycles. The van der Waals surface area contributed by atoms with E-state index in [0.29, 0.717) is 0 Å². The molecule has 6 heteroatoms. The van der Waals surface area contributed by atoms with E-state index in [-0.39, 0.29) is 24.0 Å². The van der Waals surface area contributed by atoms with Crippen molar-refractivity contribution in [3.63, 3.8) is 0 Å². The summed E-state index contributed by atoms with van der Waals surface area (Å²) in [4.78, 5) is 25.5. The molecule has 6 rings (SSSR count). The van der Waals surface area contributed by atoms with Crippen LogP contribution in [0.2, 0.25) is 0 Å². The molecule has 1 amide bonds. The van der Waals surface area contributed by atoms with Crippen LogP contribution in [0.25, 0.3) is 11.2 Å². The average molecular weight is 467 g/mol. The van der Waals surface area contributed by atoms with Crippen molar-refractivity contribution in [1.29, 1.82) is 0 Å². The van der Waals surface area contributed by atoms with Crippen molar-refractivity contribution in [2.24, 2.45) is 0 Å². The Morgan fingerprint density at radius 3 is 2.20 bits per heavy atom. The first-order valence-corrected chi connectivity index (χ1v) is 12.6. The van der Waals surface area contributed by atoms with Gasteiger partial charge in [0, 0.05) is 31.9 Å². The van der Waals surface area contributed by atoms with Crippen LogP contribution in [0.1, 0.15) is 60.7 Å². The van der Waals surface area contributed by atoms with Crippen molar-refractivity contribution in [2.45, 2.75) is 43.7 Å². The molecule has 2 fully saturated rings. The zero-order valence-electron chi connectivity index (χ0n) is 19.8. The van der Waals surface area contributed by atoms with Gasteiger partial charge in [0.25, 0.3) is 0 Å². The lowest BCUT2D eigenvalue weighted by Crippen LogP contribution is -2.42. The smallest absolute Gasteiger partial charge is 0.234 e. The van der Waals surface area contributed by atoms with Crippen LogP contribution in [0.3, 0.4) is 0 Å². The average Bonchev–Trinajstić information content (AvgIpc) is 3.58. The van der Waals surface area contributed by atoms with Crippen LogP contribution < -0.4 is 0 Å². The van der Waals surface area contributed by atoms with Gasteiger partial charge in [0.05, 0.1) is 5.92 Å². The molecule has 1 atom stereocenters. The normalized spacial score (nSPS) is 19.0. The Kier molecular flexibility index (Phi) is 6.05. The third-order valence-corrected chi connectivity index (χ3v) is 7.35. The number of carbonyl (C=O) groups excluding carboxylic acids is 1. The Morgan fingerprint density at radius 1 is 0.886 bits per heavy atom. The number of amides is 1. The maximum atomic E-state index is 13.9. The van der Waals surface area contributed by atoms with Gasteiger partial charge < -0.3 is 14.2 Å². The minimum absolute atomic E-state index is 0.0319. The molecule has 2 aliphatic rings. The highest BCUT2D eigenvalue weighted by Crippen LogP contribution is 2.36. The first-order valence-electron chi connectivity index (χ1n) is 12.6. The number of likely N-dealkylation sites (tertiary alicyclic amines) is 1. The molecule has 2 aromatic heterocycles. The maximum absolute atomic E-state index is 13.9. The second-order valence-corrected chi connectivity index (χ2v) is 9.50. The lowest BCUT2D eigenvalue weighted by atomic mass is 9.89. The fraction of sp³-hybridized carbons (Fsp3) is 0.345. The van der Waals surface area contributed by atoms with Gasteiger partial charge in [0.2, 0.25) is 5.91 Å². The molecule has 35 heavy (non-hydrogen) atoms. The molecule has 4 aromatic rings. The zero-order chi connectivity index (χ0) is 23.6. The molecule has 0 bridgehead atoms. The molecular weight excluding hydrogens is 436 g/mol. The molecule has 6 nitrogen and oxygen atoms in total. The Labute approximate surface area is 205 Å². The van der Waals surface area contributed by atoms with Crippen molar-refractivity contribution in [1.82, 2.24) is 19.4 Å². The van der Waals surface area contributed by atoms with E-state index < -0.39 is 0 Å². The number of fused-ring (bicyclic) bond motifs is 1. The van der Waals surface area contributed by atoms with E-state index in [1.165, 1.54) is 0 Å². The Bertz CT molecular complexity index is 1250. The van der Waals surface area contributed by atoms with E-state index >= 15 is 0 Å². The summed E-state index contributed by atoms with van der Waals surface area (Å²) < 4.78 is 8.32. The van der Waals surface area contributed by atoms with Crippen molar-refractivity contribution in [3.8, 4) is 0 Å². The van der Waals surface area contributed by atoms with Crippen LogP contribution in [0.4, 0.5) is 0 Å². The minimum atomic E-state index is -0.285. The third kappa shape index (κ3) is 4.23. The SMILES string of the molecule is O=C(C(c1ccccc1)c1ccccc1)N1CCC(n2c(C3CCCO3)nc3cccnc32)CC1. The molecule has 0 radical (unpaired) electrons. The molecule has 178 valence electrons. The predicted octanol–water partition coefficient (Wildman–Crippen LogP) is 5.28. The monoisotopic (exact) mass is 466 g/mol. The van der Waals surface area contributed by atoms with Crippen LogP contribution in [0.15, 0.2) is 79.0 Å². The van der Waals surface area contributed by atoms with E-state index in [1.807, 2.05) is 59.6 Å². The number of hydrogen-bond acceptors (Lipinski definition) is 4. The zero-order valence-corrected chi connectivity index (χ0v) is 19.8. The van der Waals surface area contributed by atoms with Gasteiger partial charge in [-0.1, -0.05) is 60.7 Å². The fourth-order valence-electron chi connectivity index (χ4n) is 5.61. The van der Waals surface area contributed by atoms with Gasteiger partial charge in [0.1, 0.15) is 17.4 Å². The van der Waals surface area contributed by atoms with Crippen molar-refractivity contribution >= 4 is 17.1 Å². The summed E-state index contributed by atoms with van der Waals surface area (Å²) >= 11 is 0. The second kappa shape index (κ2) is 9.62. The number of nitrogens with zero attached hydrogens (tertiary/aromatic N) is 4. The molecule has 0 N–H and O–H groups in total. The molecular formula is C29H30N4O2. The van der Waals surface area contributed by atoms with E-state index in [0.717, 1.165) is 73.5 Å². The van der Waals surface area contributed by atoms with Crippen molar-refractivity contribution < 1.29 is 9.53 Å². The largest absolute Gasteiger partial charge is 0.370 e. The molecule has 2 aliphatic heterocycles. The van der Waals surface area contributed by atoms with Crippen LogP contribution >= 0.6 is 0 Å². The topological polar surface area (TPSA) is 60.2 Å². The molecule has 2 aromatic carbocycles. The Morgan fingerprint density at radius 2 is 1.57 bits per heavy atom. The quantitative estimate of drug-likeness (QED) is 0.402. The maximum Gasteiger partial charge on any atom is 0.234 e. The Balaban J connectivity index is 1.26. The van der Waals surface area contributed by atoms with Gasteiger partial charge >= 0.3 is 0 Å². The first-order chi connectivity index (χ1) is 17.3. The summed E-state index contributed by atoms with van der Waals surface area (Å²) in [5.74, 6) is 0.883. The second-order valence-electron chi connectivity index (χ2n) is 9.50. The minimum Gasteiger partial charge on any atom is -0.370 e. The number of hydrogen-bond donors (Lipinski definition) is 0. The summed E-state index contributed by atoms with van der Waals surface area (Å²) in [5, 5.41) is 0. The fourth-order valence-corrected chi connectivity index (χ4v) is 5.61. The van der Waals surface area contributed by atoms with E-state index in [4.69, 9.17) is 9.72 Å². The number of imidazole rings is 1. The molecule has 0 aliphatic carbocycles. The highest BCUT2D eigenvalue weighted by molar-refractivity contribution is 5.87. The molecule has 0 saturated carbocycles. The standard InChI is InChI=1S/C29H30N4O2/c34-29(26(21-9-3-1-4-10-21)22-11-5-2-6-12-22)32-18-15-23(16-19-32)33-27-24(13-7-17-30-27)31-28(33)25-14-8-20-35-25/h1-7,9-13,17,23,25-26H,8,14-16,18-20H2. The number of piperidine rings is 1. The highest BCUT2D eigenvalue weighted by atomic mass is 16.5. The highest BCUT2D eigenvalue weighted by Gasteiger charge is 2.34. The van der Waals surface area contributed by atoms with Crippen LogP contribution in [-0.4, -0.2) is 45.0 Å². The van der Waals surface area contributed by atoms with Crippen molar-refractivity contribution in [2.75, 3.05) is 19.7 Å². The lowest BCUT2D eigenvalue weighted by Gasteiger charge is -2.36. The number of carbonyl (C=O) groups is 1. The summed E-state index contributed by atoms with van der Waals surface area (Å²) in [5.41, 5.74) is 3.92. The lowest BCUT2D eigenvalue weighted by molar-refractivity contribution is -0.133. The number of ether oxygens (including phenoxy) is 1. The summed E-state index contributed by atoms with van der Waals surface area (Å²) in [6.07, 6.45) is 5.69. The summed E-state index contributed by atoms with van der Waals surface area (Å²) in [6, 6.07) is 24.5. The van der Waals surface area contributed by atoms with Gasteiger partial charge in [-0.25, -0.2) is 9.97 Å². The number of aromatic nitrogens is 3. The summed E-state index contributed by atoms with van der Waals surface area (Å²) in [6.45, 7) is 2.23. The van der Waals surface area contributed by atoms with Crippen LogP contribution in [-0.2, 0) is 9.53 Å². The van der Waals surface area contributed by atoms with Crippen LogP contribution in [0, 0.1) is 0 Å². The third-order valence-electron chi connectivity index (χ3n) is 7.35. The van der Waals surface area contributed by atoms with E-state index in [1.54, 1.807) is 0 Å². The van der Waals surface area contributed by atoms with Gasteiger partial charge in [-0.05, 0) is 48.9 Å².